The maximum absolute atomic E-state index is 10.5. The summed E-state index contributed by atoms with van der Waals surface area (Å²) in [6, 6.07) is 0. The van der Waals surface area contributed by atoms with Gasteiger partial charge in [0.25, 0.3) is 0 Å². The second-order valence-corrected chi connectivity index (χ2v) is 1.93. The molecule has 54 valence electrons. The number of hydrogen-bond donors (Lipinski definition) is 2. The van der Waals surface area contributed by atoms with Gasteiger partial charge in [0, 0.05) is 19.3 Å². The SMILES string of the molecule is CC(=O)NC1N=CC=CN1. The zero-order chi connectivity index (χ0) is 7.40. The topological polar surface area (TPSA) is 53.5 Å². The van der Waals surface area contributed by atoms with Crippen LogP contribution < -0.4 is 10.6 Å². The van der Waals surface area contributed by atoms with Crippen molar-refractivity contribution in [2.24, 2.45) is 4.99 Å². The van der Waals surface area contributed by atoms with Crippen LogP contribution >= 0.6 is 0 Å². The van der Waals surface area contributed by atoms with Crippen LogP contribution in [0.3, 0.4) is 0 Å². The number of nitrogens with one attached hydrogen (secondary N) is 2. The molecule has 1 unspecified atom stereocenters. The fourth-order valence-electron chi connectivity index (χ4n) is 0.640. The molecule has 1 heterocycles. The van der Waals surface area contributed by atoms with Crippen LogP contribution in [0.1, 0.15) is 6.92 Å². The summed E-state index contributed by atoms with van der Waals surface area (Å²) in [6.45, 7) is 1.45. The Kier molecular flexibility index (Phi) is 2.04. The highest BCUT2D eigenvalue weighted by atomic mass is 16.1. The number of allylic oxidation sites excluding steroid dienone is 1. The number of carbonyl (C=O) groups excluding carboxylic acids is 1. The molecule has 0 aromatic rings. The molecule has 0 aromatic heterocycles. The van der Waals surface area contributed by atoms with Crippen molar-refractivity contribution >= 4 is 12.1 Å². The first-order chi connectivity index (χ1) is 4.79. The van der Waals surface area contributed by atoms with Crippen molar-refractivity contribution in [3.8, 4) is 0 Å². The summed E-state index contributed by atoms with van der Waals surface area (Å²) >= 11 is 0. The summed E-state index contributed by atoms with van der Waals surface area (Å²) < 4.78 is 0. The van der Waals surface area contributed by atoms with E-state index < -0.39 is 0 Å². The Morgan fingerprint density at radius 1 is 1.80 bits per heavy atom. The van der Waals surface area contributed by atoms with Crippen molar-refractivity contribution < 1.29 is 4.79 Å². The van der Waals surface area contributed by atoms with Gasteiger partial charge in [0.05, 0.1) is 0 Å². The van der Waals surface area contributed by atoms with Crippen molar-refractivity contribution in [3.63, 3.8) is 0 Å². The molecule has 10 heavy (non-hydrogen) atoms. The van der Waals surface area contributed by atoms with E-state index in [1.165, 1.54) is 6.92 Å². The molecule has 0 fully saturated rings. The van der Waals surface area contributed by atoms with Crippen LogP contribution in [0, 0.1) is 0 Å². The van der Waals surface area contributed by atoms with Gasteiger partial charge in [-0.25, -0.2) is 4.99 Å². The molecule has 1 aliphatic heterocycles. The maximum atomic E-state index is 10.5. The number of amides is 1. The minimum absolute atomic E-state index is 0.0926. The molecule has 2 N–H and O–H groups in total. The Hall–Kier alpha value is -1.32. The lowest BCUT2D eigenvalue weighted by Crippen LogP contribution is -2.41. The van der Waals surface area contributed by atoms with Crippen molar-refractivity contribution in [1.82, 2.24) is 10.6 Å². The third kappa shape index (κ3) is 1.89. The summed E-state index contributed by atoms with van der Waals surface area (Å²) in [5.41, 5.74) is 0. The van der Waals surface area contributed by atoms with Crippen molar-refractivity contribution in [2.75, 3.05) is 0 Å². The smallest absolute Gasteiger partial charge is 0.219 e. The molecule has 1 rings (SSSR count). The Balaban J connectivity index is 2.37. The number of aliphatic imine (C=N–C) groups is 1. The second-order valence-electron chi connectivity index (χ2n) is 1.93. The number of hydrogen-bond acceptors (Lipinski definition) is 3. The first-order valence-electron chi connectivity index (χ1n) is 3.00. The molecule has 0 aromatic carbocycles. The third-order valence-corrected chi connectivity index (χ3v) is 1.01. The van der Waals surface area contributed by atoms with Gasteiger partial charge < -0.3 is 10.6 Å². The Labute approximate surface area is 59.0 Å². The average Bonchev–Trinajstić information content (AvgIpc) is 1.88. The van der Waals surface area contributed by atoms with Crippen LogP contribution in [0.2, 0.25) is 0 Å². The maximum Gasteiger partial charge on any atom is 0.219 e. The molecule has 1 amide bonds. The minimum atomic E-state index is -0.289. The van der Waals surface area contributed by atoms with Gasteiger partial charge in [0.1, 0.15) is 0 Å². The molecule has 0 aliphatic carbocycles. The van der Waals surface area contributed by atoms with Crippen molar-refractivity contribution in [3.05, 3.63) is 12.3 Å². The molecule has 0 saturated carbocycles. The van der Waals surface area contributed by atoms with Gasteiger partial charge in [-0.3, -0.25) is 4.79 Å². The number of carbonyl (C=O) groups is 1. The Bertz CT molecular complexity index is 185. The largest absolute Gasteiger partial charge is 0.353 e. The molecule has 0 radical (unpaired) electrons. The first-order valence-corrected chi connectivity index (χ1v) is 3.00. The number of nitrogens with zero attached hydrogens (tertiary/aromatic N) is 1. The summed E-state index contributed by atoms with van der Waals surface area (Å²) in [7, 11) is 0. The molecule has 0 saturated heterocycles. The predicted octanol–water partition coefficient (Wildman–Crippen LogP) is -0.406. The predicted molar refractivity (Wildman–Crippen MR) is 38.4 cm³/mol. The standard InChI is InChI=1S/C6H9N3O/c1-5(10)9-6-7-3-2-4-8-6/h2-4,6-7H,1H3,(H,9,10). The lowest BCUT2D eigenvalue weighted by Gasteiger charge is -2.14. The van der Waals surface area contributed by atoms with Gasteiger partial charge in [-0.05, 0) is 6.08 Å². The fraction of sp³-hybridized carbons (Fsp3) is 0.333. The van der Waals surface area contributed by atoms with Gasteiger partial charge in [-0.15, -0.1) is 0 Å². The summed E-state index contributed by atoms with van der Waals surface area (Å²) in [4.78, 5) is 14.4. The fourth-order valence-corrected chi connectivity index (χ4v) is 0.640. The van der Waals surface area contributed by atoms with E-state index in [2.05, 4.69) is 15.6 Å². The van der Waals surface area contributed by atoms with Crippen LogP contribution in [0.25, 0.3) is 0 Å². The zero-order valence-corrected chi connectivity index (χ0v) is 5.66. The van der Waals surface area contributed by atoms with E-state index in [1.54, 1.807) is 18.5 Å². The highest BCUT2D eigenvalue weighted by Crippen LogP contribution is 1.85. The highest BCUT2D eigenvalue weighted by Gasteiger charge is 2.03. The zero-order valence-electron chi connectivity index (χ0n) is 5.66. The van der Waals surface area contributed by atoms with Gasteiger partial charge in [-0.2, -0.15) is 0 Å². The minimum Gasteiger partial charge on any atom is -0.353 e. The quantitative estimate of drug-likeness (QED) is 0.519. The van der Waals surface area contributed by atoms with Crippen LogP contribution in [0.4, 0.5) is 0 Å². The average molecular weight is 139 g/mol. The van der Waals surface area contributed by atoms with E-state index in [0.717, 1.165) is 0 Å². The monoisotopic (exact) mass is 139 g/mol. The second kappa shape index (κ2) is 3.00. The lowest BCUT2D eigenvalue weighted by molar-refractivity contribution is -0.119. The lowest BCUT2D eigenvalue weighted by atomic mass is 10.5. The molecule has 1 atom stereocenters. The van der Waals surface area contributed by atoms with Gasteiger partial charge in [0.15, 0.2) is 6.29 Å². The third-order valence-electron chi connectivity index (χ3n) is 1.01. The van der Waals surface area contributed by atoms with Crippen LogP contribution in [0.5, 0.6) is 0 Å². The summed E-state index contributed by atoms with van der Waals surface area (Å²) in [6.07, 6.45) is 4.84. The summed E-state index contributed by atoms with van der Waals surface area (Å²) in [5, 5.41) is 5.42. The van der Waals surface area contributed by atoms with Crippen LogP contribution in [0.15, 0.2) is 17.3 Å². The van der Waals surface area contributed by atoms with Gasteiger partial charge in [-0.1, -0.05) is 0 Å². The van der Waals surface area contributed by atoms with Gasteiger partial charge >= 0.3 is 0 Å². The van der Waals surface area contributed by atoms with Gasteiger partial charge in [0.2, 0.25) is 5.91 Å². The van der Waals surface area contributed by atoms with E-state index in [0.29, 0.717) is 0 Å². The molecule has 4 nitrogen and oxygen atoms in total. The normalized spacial score (nSPS) is 21.9. The molecule has 0 spiro atoms. The van der Waals surface area contributed by atoms with E-state index in [1.807, 2.05) is 0 Å². The summed E-state index contributed by atoms with van der Waals surface area (Å²) in [5.74, 6) is -0.0926. The Morgan fingerprint density at radius 2 is 2.60 bits per heavy atom. The van der Waals surface area contributed by atoms with Crippen LogP contribution in [-0.4, -0.2) is 18.4 Å². The molecular formula is C6H9N3O. The molecule has 4 heteroatoms. The number of rotatable bonds is 1. The molecule has 1 aliphatic rings. The molecular weight excluding hydrogens is 130 g/mol. The van der Waals surface area contributed by atoms with Crippen molar-refractivity contribution in [2.45, 2.75) is 13.2 Å². The Morgan fingerprint density at radius 3 is 3.10 bits per heavy atom. The van der Waals surface area contributed by atoms with E-state index in [4.69, 9.17) is 0 Å². The van der Waals surface area contributed by atoms with Crippen LogP contribution in [-0.2, 0) is 4.79 Å². The highest BCUT2D eigenvalue weighted by molar-refractivity contribution is 5.75. The molecule has 0 bridgehead atoms. The van der Waals surface area contributed by atoms with Crippen molar-refractivity contribution in [1.29, 1.82) is 0 Å². The van der Waals surface area contributed by atoms with E-state index in [9.17, 15) is 4.79 Å². The first kappa shape index (κ1) is 6.80. The van der Waals surface area contributed by atoms with E-state index >= 15 is 0 Å². The van der Waals surface area contributed by atoms with E-state index in [-0.39, 0.29) is 12.2 Å².